The second-order valence-electron chi connectivity index (χ2n) is 6.30. The van der Waals surface area contributed by atoms with Crippen LogP contribution in [-0.4, -0.2) is 41.9 Å². The van der Waals surface area contributed by atoms with Gasteiger partial charge in [0, 0.05) is 30.4 Å². The molecule has 2 atom stereocenters. The number of nitrogens with one attached hydrogen (secondary N) is 2. The fourth-order valence-corrected chi connectivity index (χ4v) is 4.41. The zero-order valence-corrected chi connectivity index (χ0v) is 14.6. The van der Waals surface area contributed by atoms with Gasteiger partial charge in [-0.25, -0.2) is 0 Å². The fraction of sp³-hybridized carbons (Fsp3) is 0.625. The Balaban J connectivity index is 1.50. The summed E-state index contributed by atoms with van der Waals surface area (Å²) in [5.41, 5.74) is 0. The molecule has 3 rings (SSSR count). The van der Waals surface area contributed by atoms with Crippen molar-refractivity contribution in [3.8, 4) is 0 Å². The van der Waals surface area contributed by atoms with Crippen LogP contribution in [0, 0.1) is 0 Å². The Hall–Kier alpha value is -1.11. The summed E-state index contributed by atoms with van der Waals surface area (Å²) in [6.45, 7) is 2.77. The SMILES string of the molecule is O=C1CCC[C@H](C(=O)N[C@H]2CCCN(Cc3ccc(Cl)s3)C2)N1. The lowest BCUT2D eigenvalue weighted by Crippen LogP contribution is -2.54. The highest BCUT2D eigenvalue weighted by atomic mass is 35.5. The first kappa shape index (κ1) is 16.7. The fourth-order valence-electron chi connectivity index (χ4n) is 3.28. The van der Waals surface area contributed by atoms with Gasteiger partial charge in [-0.1, -0.05) is 11.6 Å². The van der Waals surface area contributed by atoms with Crippen LogP contribution < -0.4 is 10.6 Å². The van der Waals surface area contributed by atoms with E-state index in [0.29, 0.717) is 6.42 Å². The Morgan fingerprint density at radius 1 is 1.39 bits per heavy atom. The van der Waals surface area contributed by atoms with Crippen molar-refractivity contribution in [2.75, 3.05) is 13.1 Å². The molecule has 2 N–H and O–H groups in total. The third-order valence-corrected chi connectivity index (χ3v) is 5.62. The van der Waals surface area contributed by atoms with Crippen LogP contribution in [0.5, 0.6) is 0 Å². The minimum Gasteiger partial charge on any atom is -0.350 e. The van der Waals surface area contributed by atoms with E-state index in [0.717, 1.165) is 49.7 Å². The minimum atomic E-state index is -0.359. The number of carbonyl (C=O) groups is 2. The maximum Gasteiger partial charge on any atom is 0.242 e. The Labute approximate surface area is 145 Å². The highest BCUT2D eigenvalue weighted by molar-refractivity contribution is 7.16. The molecule has 126 valence electrons. The highest BCUT2D eigenvalue weighted by Gasteiger charge is 2.28. The molecule has 0 saturated carbocycles. The smallest absolute Gasteiger partial charge is 0.242 e. The molecule has 2 aliphatic heterocycles. The van der Waals surface area contributed by atoms with Crippen LogP contribution in [0.4, 0.5) is 0 Å². The summed E-state index contributed by atoms with van der Waals surface area (Å²) >= 11 is 7.59. The van der Waals surface area contributed by atoms with E-state index in [9.17, 15) is 9.59 Å². The summed E-state index contributed by atoms with van der Waals surface area (Å²) < 4.78 is 0.815. The zero-order chi connectivity index (χ0) is 16.2. The molecule has 2 saturated heterocycles. The third-order valence-electron chi connectivity index (χ3n) is 4.41. The van der Waals surface area contributed by atoms with Crippen molar-refractivity contribution in [2.45, 2.75) is 50.7 Å². The van der Waals surface area contributed by atoms with Crippen molar-refractivity contribution >= 4 is 34.8 Å². The Bertz CT molecular complexity index is 577. The predicted octanol–water partition coefficient (Wildman–Crippen LogP) is 2.15. The monoisotopic (exact) mass is 355 g/mol. The summed E-state index contributed by atoms with van der Waals surface area (Å²) in [7, 11) is 0. The van der Waals surface area contributed by atoms with Gasteiger partial charge in [-0.2, -0.15) is 0 Å². The summed E-state index contributed by atoms with van der Waals surface area (Å²) in [4.78, 5) is 27.3. The van der Waals surface area contributed by atoms with Gasteiger partial charge >= 0.3 is 0 Å². The second-order valence-corrected chi connectivity index (χ2v) is 8.10. The maximum atomic E-state index is 12.3. The molecule has 23 heavy (non-hydrogen) atoms. The zero-order valence-electron chi connectivity index (χ0n) is 13.0. The van der Waals surface area contributed by atoms with Gasteiger partial charge in [0.25, 0.3) is 0 Å². The van der Waals surface area contributed by atoms with Crippen molar-refractivity contribution in [1.29, 1.82) is 0 Å². The molecule has 0 unspecified atom stereocenters. The van der Waals surface area contributed by atoms with Crippen molar-refractivity contribution < 1.29 is 9.59 Å². The van der Waals surface area contributed by atoms with Crippen LogP contribution in [0.1, 0.15) is 37.0 Å². The summed E-state index contributed by atoms with van der Waals surface area (Å²) in [6.07, 6.45) is 4.13. The van der Waals surface area contributed by atoms with Crippen molar-refractivity contribution in [3.63, 3.8) is 0 Å². The van der Waals surface area contributed by atoms with E-state index in [1.165, 1.54) is 4.88 Å². The van der Waals surface area contributed by atoms with Gasteiger partial charge in [0.05, 0.1) is 4.34 Å². The lowest BCUT2D eigenvalue weighted by atomic mass is 10.0. The standard InChI is InChI=1S/C16H22ClN3O2S/c17-14-7-6-12(23-14)10-20-8-2-3-11(9-20)18-16(22)13-4-1-5-15(21)19-13/h6-7,11,13H,1-5,8-10H2,(H,18,22)(H,19,21)/t11-,13+/m0/s1. The number of amides is 2. The molecule has 1 aromatic rings. The van der Waals surface area contributed by atoms with E-state index >= 15 is 0 Å². The number of thiophene rings is 1. The topological polar surface area (TPSA) is 61.4 Å². The molecule has 7 heteroatoms. The molecular weight excluding hydrogens is 334 g/mol. The molecule has 5 nitrogen and oxygen atoms in total. The van der Waals surface area contributed by atoms with Crippen LogP contribution >= 0.6 is 22.9 Å². The molecule has 3 heterocycles. The molecular formula is C16H22ClN3O2S. The minimum absolute atomic E-state index is 0.0174. The Morgan fingerprint density at radius 3 is 3.00 bits per heavy atom. The van der Waals surface area contributed by atoms with Crippen LogP contribution in [0.25, 0.3) is 0 Å². The Kier molecular flexibility index (Phi) is 5.56. The number of rotatable bonds is 4. The number of hydrogen-bond donors (Lipinski definition) is 2. The van der Waals surface area contributed by atoms with E-state index < -0.39 is 0 Å². The van der Waals surface area contributed by atoms with E-state index in [4.69, 9.17) is 11.6 Å². The lowest BCUT2D eigenvalue weighted by Gasteiger charge is -2.34. The molecule has 1 aromatic heterocycles. The van der Waals surface area contributed by atoms with E-state index in [2.05, 4.69) is 21.6 Å². The van der Waals surface area contributed by atoms with Gasteiger partial charge in [-0.3, -0.25) is 14.5 Å². The predicted molar refractivity (Wildman–Crippen MR) is 91.6 cm³/mol. The van der Waals surface area contributed by atoms with Gasteiger partial charge in [-0.15, -0.1) is 11.3 Å². The molecule has 0 radical (unpaired) electrons. The molecule has 2 fully saturated rings. The van der Waals surface area contributed by atoms with Crippen LogP contribution in [0.3, 0.4) is 0 Å². The van der Waals surface area contributed by atoms with E-state index in [1.807, 2.05) is 6.07 Å². The first-order valence-electron chi connectivity index (χ1n) is 8.16. The molecule has 0 bridgehead atoms. The van der Waals surface area contributed by atoms with Crippen molar-refractivity contribution in [1.82, 2.24) is 15.5 Å². The third kappa shape index (κ3) is 4.68. The summed E-state index contributed by atoms with van der Waals surface area (Å²) in [5.74, 6) is -0.0553. The van der Waals surface area contributed by atoms with Crippen LogP contribution in [0.2, 0.25) is 4.34 Å². The van der Waals surface area contributed by atoms with Gasteiger partial charge in [0.15, 0.2) is 0 Å². The average Bonchev–Trinajstić information content (AvgIpc) is 2.92. The molecule has 0 spiro atoms. The normalized spacial score (nSPS) is 25.9. The number of carbonyl (C=O) groups excluding carboxylic acids is 2. The average molecular weight is 356 g/mol. The number of nitrogens with zero attached hydrogens (tertiary/aromatic N) is 1. The van der Waals surface area contributed by atoms with Gasteiger partial charge in [0.2, 0.25) is 11.8 Å². The molecule has 0 aliphatic carbocycles. The number of hydrogen-bond acceptors (Lipinski definition) is 4. The largest absolute Gasteiger partial charge is 0.350 e. The van der Waals surface area contributed by atoms with Gasteiger partial charge < -0.3 is 10.6 Å². The van der Waals surface area contributed by atoms with Crippen molar-refractivity contribution in [2.24, 2.45) is 0 Å². The molecule has 2 amide bonds. The number of likely N-dealkylation sites (tertiary alicyclic amines) is 1. The second kappa shape index (κ2) is 7.64. The van der Waals surface area contributed by atoms with Gasteiger partial charge in [-0.05, 0) is 44.4 Å². The van der Waals surface area contributed by atoms with Crippen molar-refractivity contribution in [3.05, 3.63) is 21.3 Å². The Morgan fingerprint density at radius 2 is 2.26 bits per heavy atom. The molecule has 0 aromatic carbocycles. The van der Waals surface area contributed by atoms with E-state index in [-0.39, 0.29) is 23.9 Å². The van der Waals surface area contributed by atoms with Crippen LogP contribution in [0.15, 0.2) is 12.1 Å². The maximum absolute atomic E-state index is 12.3. The first-order chi connectivity index (χ1) is 11.1. The lowest BCUT2D eigenvalue weighted by molar-refractivity contribution is -0.131. The number of halogens is 1. The summed E-state index contributed by atoms with van der Waals surface area (Å²) in [5, 5.41) is 5.89. The first-order valence-corrected chi connectivity index (χ1v) is 9.36. The number of piperidine rings is 2. The quantitative estimate of drug-likeness (QED) is 0.870. The highest BCUT2D eigenvalue weighted by Crippen LogP contribution is 2.24. The van der Waals surface area contributed by atoms with Gasteiger partial charge in [0.1, 0.15) is 6.04 Å². The van der Waals surface area contributed by atoms with E-state index in [1.54, 1.807) is 11.3 Å². The van der Waals surface area contributed by atoms with Crippen LogP contribution in [-0.2, 0) is 16.1 Å². The summed E-state index contributed by atoms with van der Waals surface area (Å²) in [6, 6.07) is 3.79. The molecule has 2 aliphatic rings.